The van der Waals surface area contributed by atoms with Gasteiger partial charge in [0.25, 0.3) is 5.91 Å². The van der Waals surface area contributed by atoms with Gasteiger partial charge in [-0.1, -0.05) is 0 Å². The van der Waals surface area contributed by atoms with Crippen LogP contribution in [0.1, 0.15) is 21.8 Å². The number of hydrogen-bond donors (Lipinski definition) is 1. The van der Waals surface area contributed by atoms with Crippen molar-refractivity contribution in [1.29, 1.82) is 0 Å². The van der Waals surface area contributed by atoms with E-state index in [4.69, 9.17) is 15.2 Å². The van der Waals surface area contributed by atoms with Gasteiger partial charge in [0.05, 0.1) is 30.8 Å². The van der Waals surface area contributed by atoms with Crippen LogP contribution in [0.15, 0.2) is 29.8 Å². The summed E-state index contributed by atoms with van der Waals surface area (Å²) in [5, 5.41) is 0. The van der Waals surface area contributed by atoms with Gasteiger partial charge >= 0.3 is 0 Å². The number of primary amides is 1. The number of amides is 2. The van der Waals surface area contributed by atoms with Crippen LogP contribution in [-0.4, -0.2) is 53.6 Å². The summed E-state index contributed by atoms with van der Waals surface area (Å²) in [6, 6.07) is 5.53. The molecule has 2 N–H and O–H groups in total. The third kappa shape index (κ3) is 4.61. The molecule has 9 heteroatoms. The van der Waals surface area contributed by atoms with E-state index in [-0.39, 0.29) is 37.9 Å². The average molecular weight is 393 g/mol. The highest BCUT2D eigenvalue weighted by Crippen LogP contribution is 2.26. The summed E-state index contributed by atoms with van der Waals surface area (Å²) in [4.78, 5) is 30.7. The largest absolute Gasteiger partial charge is 0.490 e. The molecule has 1 aliphatic heterocycles. The van der Waals surface area contributed by atoms with Crippen LogP contribution < -0.4 is 10.5 Å². The molecule has 0 radical (unpaired) electrons. The second kappa shape index (κ2) is 8.01. The van der Waals surface area contributed by atoms with Gasteiger partial charge in [-0.2, -0.15) is 0 Å². The quantitative estimate of drug-likeness (QED) is 0.807. The molecule has 2 amide bonds. The number of nitrogens with zero attached hydrogens (tertiary/aromatic N) is 2. The minimum atomic E-state index is -1.06. The number of aryl methyl sites for hydroxylation is 1. The first-order chi connectivity index (χ1) is 12.9. The summed E-state index contributed by atoms with van der Waals surface area (Å²) in [6.07, 6.45) is -0.0976. The monoisotopic (exact) mass is 393 g/mol. The van der Waals surface area contributed by atoms with Crippen LogP contribution in [0.4, 0.5) is 4.39 Å². The van der Waals surface area contributed by atoms with Crippen molar-refractivity contribution in [2.24, 2.45) is 5.73 Å². The highest BCUT2D eigenvalue weighted by Gasteiger charge is 2.41. The predicted molar refractivity (Wildman–Crippen MR) is 97.1 cm³/mol. The van der Waals surface area contributed by atoms with E-state index >= 15 is 0 Å². The predicted octanol–water partition coefficient (Wildman–Crippen LogP) is 1.76. The van der Waals surface area contributed by atoms with Crippen molar-refractivity contribution in [3.8, 4) is 5.75 Å². The number of morpholine rings is 1. The number of hydrogen-bond acceptors (Lipinski definition) is 6. The maximum absolute atomic E-state index is 13.0. The molecule has 1 saturated heterocycles. The second-order valence-corrected chi connectivity index (χ2v) is 7.27. The lowest BCUT2D eigenvalue weighted by molar-refractivity contribution is -0.142. The van der Waals surface area contributed by atoms with E-state index in [9.17, 15) is 14.0 Å². The van der Waals surface area contributed by atoms with Crippen molar-refractivity contribution in [3.63, 3.8) is 0 Å². The zero-order chi connectivity index (χ0) is 19.4. The maximum atomic E-state index is 13.0. The third-order valence-corrected chi connectivity index (χ3v) is 5.20. The minimum Gasteiger partial charge on any atom is -0.490 e. The van der Waals surface area contributed by atoms with Gasteiger partial charge in [0, 0.05) is 6.54 Å². The van der Waals surface area contributed by atoms with Gasteiger partial charge < -0.3 is 20.1 Å². The highest BCUT2D eigenvalue weighted by atomic mass is 32.1. The lowest BCUT2D eigenvalue weighted by atomic mass is 9.97. The van der Waals surface area contributed by atoms with Gasteiger partial charge in [-0.25, -0.2) is 9.37 Å². The molecule has 0 spiro atoms. The number of rotatable bonds is 6. The van der Waals surface area contributed by atoms with Gasteiger partial charge in [-0.3, -0.25) is 9.59 Å². The van der Waals surface area contributed by atoms with Crippen molar-refractivity contribution >= 4 is 23.2 Å². The Morgan fingerprint density at radius 1 is 1.41 bits per heavy atom. The van der Waals surface area contributed by atoms with Crippen LogP contribution in [0.25, 0.3) is 0 Å². The van der Waals surface area contributed by atoms with E-state index in [2.05, 4.69) is 4.98 Å². The molecule has 1 atom stereocenters. The van der Waals surface area contributed by atoms with Crippen LogP contribution in [0.5, 0.6) is 5.75 Å². The molecule has 0 aliphatic carbocycles. The summed E-state index contributed by atoms with van der Waals surface area (Å²) >= 11 is 1.28. The Labute approximate surface area is 159 Å². The van der Waals surface area contributed by atoms with Crippen LogP contribution in [0.2, 0.25) is 0 Å². The van der Waals surface area contributed by atoms with Crippen molar-refractivity contribution in [2.45, 2.75) is 18.9 Å². The highest BCUT2D eigenvalue weighted by molar-refractivity contribution is 7.11. The van der Waals surface area contributed by atoms with E-state index in [1.807, 2.05) is 0 Å². The molecule has 27 heavy (non-hydrogen) atoms. The van der Waals surface area contributed by atoms with Gasteiger partial charge in [-0.15, -0.1) is 11.3 Å². The number of carbonyl (C=O) groups excluding carboxylic acids is 2. The SMILES string of the molecule is Cc1ncsc1C(=O)N1CCO[C@](COc2ccc(F)cc2)(CC(N)=O)C1. The number of thiazole rings is 1. The number of benzene rings is 1. The average Bonchev–Trinajstić information content (AvgIpc) is 3.06. The van der Waals surface area contributed by atoms with E-state index in [1.165, 1.54) is 35.6 Å². The molecule has 1 aromatic heterocycles. The first kappa shape index (κ1) is 19.2. The Bertz CT molecular complexity index is 826. The zero-order valence-electron chi connectivity index (χ0n) is 14.8. The standard InChI is InChI=1S/C18H20FN3O4S/c1-12-16(27-11-21-12)17(24)22-6-7-26-18(9-22,8-15(20)23)10-25-14-4-2-13(19)3-5-14/h2-5,11H,6-10H2,1H3,(H2,20,23)/t18-/m1/s1. The summed E-state index contributed by atoms with van der Waals surface area (Å²) in [7, 11) is 0. The molecule has 2 aromatic rings. The van der Waals surface area contributed by atoms with Crippen molar-refractivity contribution < 1.29 is 23.5 Å². The van der Waals surface area contributed by atoms with Crippen LogP contribution in [-0.2, 0) is 9.53 Å². The molecule has 144 valence electrons. The van der Waals surface area contributed by atoms with E-state index < -0.39 is 11.5 Å². The number of nitrogens with two attached hydrogens (primary N) is 1. The summed E-state index contributed by atoms with van der Waals surface area (Å²) in [5.41, 5.74) is 6.63. The smallest absolute Gasteiger partial charge is 0.266 e. The molecule has 7 nitrogen and oxygen atoms in total. The molecule has 3 rings (SSSR count). The van der Waals surface area contributed by atoms with Crippen LogP contribution >= 0.6 is 11.3 Å². The van der Waals surface area contributed by atoms with Gasteiger partial charge in [0.15, 0.2) is 0 Å². The third-order valence-electron chi connectivity index (χ3n) is 4.29. The van der Waals surface area contributed by atoms with Gasteiger partial charge in [-0.05, 0) is 31.2 Å². The first-order valence-electron chi connectivity index (χ1n) is 8.38. The Morgan fingerprint density at radius 2 is 2.15 bits per heavy atom. The number of halogens is 1. The van der Waals surface area contributed by atoms with Gasteiger partial charge in [0.2, 0.25) is 5.91 Å². The molecule has 1 aliphatic rings. The number of carbonyl (C=O) groups is 2. The fourth-order valence-corrected chi connectivity index (χ4v) is 3.75. The Balaban J connectivity index is 1.76. The molecule has 2 heterocycles. The molecule has 0 saturated carbocycles. The molecule has 1 aromatic carbocycles. The molecular formula is C18H20FN3O4S. The van der Waals surface area contributed by atoms with Crippen molar-refractivity contribution in [3.05, 3.63) is 46.2 Å². The van der Waals surface area contributed by atoms with Crippen LogP contribution in [0.3, 0.4) is 0 Å². The lowest BCUT2D eigenvalue weighted by Crippen LogP contribution is -2.58. The number of aromatic nitrogens is 1. The molecule has 1 fully saturated rings. The lowest BCUT2D eigenvalue weighted by Gasteiger charge is -2.41. The second-order valence-electron chi connectivity index (χ2n) is 6.41. The van der Waals surface area contributed by atoms with Crippen molar-refractivity contribution in [1.82, 2.24) is 9.88 Å². The van der Waals surface area contributed by atoms with Crippen molar-refractivity contribution in [2.75, 3.05) is 26.3 Å². The van der Waals surface area contributed by atoms with E-state index in [1.54, 1.807) is 17.3 Å². The molecular weight excluding hydrogens is 373 g/mol. The van der Waals surface area contributed by atoms with E-state index in [0.717, 1.165) is 0 Å². The Kier molecular flexibility index (Phi) is 5.71. The first-order valence-corrected chi connectivity index (χ1v) is 9.26. The van der Waals surface area contributed by atoms with Gasteiger partial charge in [0.1, 0.15) is 28.7 Å². The Morgan fingerprint density at radius 3 is 2.78 bits per heavy atom. The minimum absolute atomic E-state index is 0.00697. The summed E-state index contributed by atoms with van der Waals surface area (Å²) in [5.74, 6) is -0.652. The maximum Gasteiger partial charge on any atom is 0.266 e. The fraction of sp³-hybridized carbons (Fsp3) is 0.389. The molecule has 0 unspecified atom stereocenters. The summed E-state index contributed by atoms with van der Waals surface area (Å²) in [6.45, 7) is 2.59. The normalized spacial score (nSPS) is 19.7. The zero-order valence-corrected chi connectivity index (χ0v) is 15.6. The summed E-state index contributed by atoms with van der Waals surface area (Å²) < 4.78 is 24.6. The number of ether oxygens (including phenoxy) is 2. The fourth-order valence-electron chi connectivity index (χ4n) is 2.98. The molecule has 0 bridgehead atoms. The van der Waals surface area contributed by atoms with E-state index in [0.29, 0.717) is 22.9 Å². The topological polar surface area (TPSA) is 94.8 Å². The Hall–Kier alpha value is -2.52. The van der Waals surface area contributed by atoms with Crippen LogP contribution in [0, 0.1) is 12.7 Å².